The van der Waals surface area contributed by atoms with Gasteiger partial charge in [0.05, 0.1) is 13.2 Å². The van der Waals surface area contributed by atoms with E-state index in [2.05, 4.69) is 182 Å². The first-order valence-corrected chi connectivity index (χ1v) is 42.2. The maximum Gasteiger partial charge on any atom is 0.305 e. The highest BCUT2D eigenvalue weighted by Crippen LogP contribution is 2.98. The van der Waals surface area contributed by atoms with Gasteiger partial charge in [0.15, 0.2) is 0 Å². The van der Waals surface area contributed by atoms with Crippen LogP contribution in [-0.2, 0) is 51.6 Å². The van der Waals surface area contributed by atoms with E-state index in [1.165, 1.54) is 176 Å². The Kier molecular flexibility index (Phi) is 7.43. The molecule has 0 aromatic heterocycles. The molecular weight excluding hydrogens is 1360 g/mol. The third-order valence-corrected chi connectivity index (χ3v) is 36.0. The van der Waals surface area contributed by atoms with Gasteiger partial charge in [-0.2, -0.15) is 0 Å². The van der Waals surface area contributed by atoms with Crippen LogP contribution in [0.3, 0.4) is 0 Å². The maximum atomic E-state index is 14.5. The molecule has 2 fully saturated rings. The summed E-state index contributed by atoms with van der Waals surface area (Å²) in [4.78, 5) is 28.9. The summed E-state index contributed by atoms with van der Waals surface area (Å²) in [5, 5.41) is 42.8. The van der Waals surface area contributed by atoms with Gasteiger partial charge in [0.25, 0.3) is 0 Å². The molecule has 0 saturated heterocycles. The van der Waals surface area contributed by atoms with Crippen molar-refractivity contribution in [3.8, 4) is 0 Å². The van der Waals surface area contributed by atoms with Gasteiger partial charge >= 0.3 is 11.9 Å². The van der Waals surface area contributed by atoms with Crippen molar-refractivity contribution in [2.45, 2.75) is 120 Å². The molecule has 2 saturated carbocycles. The average Bonchev–Trinajstić information content (AvgIpc) is 1.38. The second-order valence-electron chi connectivity index (χ2n) is 37.9. The van der Waals surface area contributed by atoms with Crippen LogP contribution in [0.4, 0.5) is 0 Å². The van der Waals surface area contributed by atoms with E-state index in [1.807, 2.05) is 0 Å². The third kappa shape index (κ3) is 4.19. The number of hydrogen-bond acceptors (Lipinski definition) is 4. The third-order valence-electron chi connectivity index (χ3n) is 36.0. The van der Waals surface area contributed by atoms with Crippen LogP contribution >= 0.6 is 0 Å². The first kappa shape index (κ1) is 53.8. The second kappa shape index (κ2) is 15.5. The fourth-order valence-electron chi connectivity index (χ4n) is 34.2. The molecule has 18 aromatic rings. The van der Waals surface area contributed by atoms with Gasteiger partial charge < -0.3 is 9.47 Å². The van der Waals surface area contributed by atoms with Crippen molar-refractivity contribution >= 4 is 207 Å². The summed E-state index contributed by atoms with van der Waals surface area (Å²) in [6.45, 7) is 0.802. The number of rotatable bonds is 17. The molecule has 18 aliphatic carbocycles. The van der Waals surface area contributed by atoms with Gasteiger partial charge in [0, 0.05) is 69.0 Å². The summed E-state index contributed by atoms with van der Waals surface area (Å²) in [6, 6.07) is 53.7. The lowest BCUT2D eigenvalue weighted by Gasteiger charge is -2.33. The number of unbranched alkanes of at least 4 members (excludes halogenated alkanes) is 3. The molecule has 4 nitrogen and oxygen atoms in total. The predicted octanol–water partition coefficient (Wildman–Crippen LogP) is 24.6. The monoisotopic (exact) mass is 1420 g/mol. The number of esters is 2. The normalized spacial score (nSPS) is 28.6. The van der Waals surface area contributed by atoms with Gasteiger partial charge in [-0.15, -0.1) is 0 Å². The molecule has 0 N–H and O–H groups in total. The summed E-state index contributed by atoms with van der Waals surface area (Å²) in [5.74, 6) is 1.14. The van der Waals surface area contributed by atoms with Gasteiger partial charge in [-0.3, -0.25) is 9.59 Å². The minimum Gasteiger partial charge on any atom is -0.466 e. The fraction of sp³-hybridized carbons (Fsp3) is 0.204. The molecule has 4 spiro atoms. The number of ether oxygens (including phenoxy) is 2. The van der Waals surface area contributed by atoms with Crippen molar-refractivity contribution in [2.24, 2.45) is 0 Å². The quantitative estimate of drug-likeness (QED) is 0.0518. The number of hydrogen-bond donors (Lipinski definition) is 0. The molecule has 4 heteroatoms. The molecular formula is C108H58O4. The molecule has 514 valence electrons. The van der Waals surface area contributed by atoms with E-state index in [9.17, 15) is 9.59 Å². The molecule has 10 unspecified atom stereocenters. The van der Waals surface area contributed by atoms with Crippen LogP contribution in [0.1, 0.15) is 188 Å². The second-order valence-corrected chi connectivity index (χ2v) is 37.9. The van der Waals surface area contributed by atoms with Crippen molar-refractivity contribution in [1.29, 1.82) is 0 Å². The van der Waals surface area contributed by atoms with Gasteiger partial charge in [-0.25, -0.2) is 0 Å². The molecule has 0 radical (unpaired) electrons. The molecule has 18 aliphatic rings. The highest BCUT2D eigenvalue weighted by atomic mass is 16.5. The van der Waals surface area contributed by atoms with E-state index in [1.54, 1.807) is 120 Å². The minimum atomic E-state index is -0.355. The van der Waals surface area contributed by atoms with E-state index in [4.69, 9.17) is 9.47 Å². The summed E-state index contributed by atoms with van der Waals surface area (Å²) in [6.07, 6.45) is 27.8. The Morgan fingerprint density at radius 2 is 0.545 bits per heavy atom. The van der Waals surface area contributed by atoms with Crippen LogP contribution in [0.15, 0.2) is 182 Å². The van der Waals surface area contributed by atoms with Crippen LogP contribution in [0.2, 0.25) is 0 Å². The van der Waals surface area contributed by atoms with Crippen molar-refractivity contribution < 1.29 is 19.1 Å². The SMILES string of the molecule is O=C(CCCC1(c2ccccc2)C23C4=CC=C5c6ccc7c8ccc9c%10c%11c%12c%13c%14c%15c(ccc4c%15c2c%13c2c(c6c7c(c%108)c%122)C513)C1=CC=C9C%11C1%14)OCCCCCCOC(=O)CCCC1(c2ccccc2)C23C4=CC=C5c6ccc7c8ccc9c%10c%11c%12c%13c%14c%15c(ccc4c%15c2c%13c2c(c6c7c(c%108)c%122)C513)C1=CC=C9C%11C1%14. The average molecular weight is 1420 g/mol. The number of carbonyl (C=O) groups is 2. The Hall–Kier alpha value is -12.0. The van der Waals surface area contributed by atoms with Crippen LogP contribution in [0.25, 0.3) is 195 Å². The Morgan fingerprint density at radius 3 is 0.911 bits per heavy atom. The predicted molar refractivity (Wildman–Crippen MR) is 451 cm³/mol. The van der Waals surface area contributed by atoms with Gasteiger partial charge in [-0.1, -0.05) is 182 Å². The Labute approximate surface area is 638 Å². The molecule has 0 amide bonds. The lowest BCUT2D eigenvalue weighted by Crippen LogP contribution is -2.25. The van der Waals surface area contributed by atoms with Crippen molar-refractivity contribution in [3.63, 3.8) is 0 Å². The van der Waals surface area contributed by atoms with Crippen LogP contribution in [0.5, 0.6) is 0 Å². The fourth-order valence-corrected chi connectivity index (χ4v) is 34.2. The van der Waals surface area contributed by atoms with E-state index in [-0.39, 0.29) is 44.4 Å². The summed E-state index contributed by atoms with van der Waals surface area (Å²) >= 11 is 0. The molecule has 36 rings (SSSR count). The highest BCUT2D eigenvalue weighted by Gasteiger charge is 2.96. The molecule has 10 atom stereocenters. The van der Waals surface area contributed by atoms with Gasteiger partial charge in [0.1, 0.15) is 0 Å². The zero-order valence-corrected chi connectivity index (χ0v) is 60.7. The van der Waals surface area contributed by atoms with E-state index in [0.29, 0.717) is 49.7 Å². The van der Waals surface area contributed by atoms with E-state index < -0.39 is 0 Å². The Morgan fingerprint density at radius 1 is 0.259 bits per heavy atom. The Bertz CT molecular complexity index is 8130. The minimum absolute atomic E-state index is 0.0961. The summed E-state index contributed by atoms with van der Waals surface area (Å²) in [7, 11) is 0. The molecule has 18 aromatic carbocycles. The van der Waals surface area contributed by atoms with Crippen LogP contribution in [-0.4, -0.2) is 25.2 Å². The largest absolute Gasteiger partial charge is 0.466 e. The van der Waals surface area contributed by atoms with Crippen molar-refractivity contribution in [3.05, 3.63) is 282 Å². The number of fused-ring (bicyclic) bond motifs is 10. The highest BCUT2D eigenvalue weighted by molar-refractivity contribution is 6.57. The molecule has 0 bridgehead atoms. The Balaban J connectivity index is 0.400. The van der Waals surface area contributed by atoms with Crippen LogP contribution < -0.4 is 0 Å². The molecule has 0 heterocycles. The molecule has 112 heavy (non-hydrogen) atoms. The first-order valence-electron chi connectivity index (χ1n) is 42.2. The standard InChI is InChI=1S/C108H58O4/c109-65(17-11-39-103(43-13-5-3-6-14-43)105-61-35-36-62-58-32-28-54-50-24-20-46-45-19-23-49-53-27-31-57(61)79-75(53)85-71(49)67(45)83-68(46)72(50)86-76(54)80(58)100(106(62,103)105)96-92(86)89(83)91(85)95(96)99(79)105)111-41-9-1-2-10-42-112-66(110)18-12-40-104(44-15-7-4-8-16-44)107-63-37-38-64-60-34-30-56-52-26-22-48-47-21-25-51-55-29-33-59(63)81-77(55)87-73(51)69(47)84-70(48)74(52)88-78(56)82(60)102(108(64,104)107)98-94(88)90(84)93(87)97(98)101(81)107/h3-8,13-16,19-38,67,69,71,73H,1-2,9-12,17-18,39-42H2. The maximum absolute atomic E-state index is 14.5. The van der Waals surface area contributed by atoms with E-state index in [0.717, 1.165) is 51.4 Å². The summed E-state index contributed by atoms with van der Waals surface area (Å²) < 4.78 is 12.6. The topological polar surface area (TPSA) is 52.6 Å². The zero-order valence-electron chi connectivity index (χ0n) is 60.7. The lowest BCUT2D eigenvalue weighted by atomic mass is 9.68. The van der Waals surface area contributed by atoms with Gasteiger partial charge in [0.2, 0.25) is 0 Å². The number of carbonyl (C=O) groups excluding carboxylic acids is 2. The van der Waals surface area contributed by atoms with Crippen molar-refractivity contribution in [2.75, 3.05) is 13.2 Å². The summed E-state index contributed by atoms with van der Waals surface area (Å²) in [5.41, 5.74) is 37.4. The van der Waals surface area contributed by atoms with E-state index >= 15 is 0 Å². The number of benzene rings is 14. The number of allylic oxidation sites excluding steroid dienone is 16. The first-order chi connectivity index (χ1) is 55.5. The van der Waals surface area contributed by atoms with Gasteiger partial charge in [-0.05, 0) is 347 Å². The smallest absolute Gasteiger partial charge is 0.305 e. The zero-order chi connectivity index (χ0) is 70.8. The van der Waals surface area contributed by atoms with Crippen LogP contribution in [0, 0.1) is 0 Å². The molecule has 0 aliphatic heterocycles. The van der Waals surface area contributed by atoms with Crippen molar-refractivity contribution in [1.82, 2.24) is 0 Å². The lowest BCUT2D eigenvalue weighted by molar-refractivity contribution is -0.145.